The number of aliphatic hydroxyl groups excluding tert-OH is 2. The van der Waals surface area contributed by atoms with Gasteiger partial charge in [0.2, 0.25) is 0 Å². The van der Waals surface area contributed by atoms with Crippen molar-refractivity contribution in [2.24, 2.45) is 16.6 Å². The summed E-state index contributed by atoms with van der Waals surface area (Å²) in [6, 6.07) is 2.76. The Hall–Kier alpha value is -2.15. The first-order chi connectivity index (χ1) is 17.2. The van der Waals surface area contributed by atoms with Gasteiger partial charge in [-0.25, -0.2) is 5.84 Å². The van der Waals surface area contributed by atoms with Crippen LogP contribution in [0.5, 0.6) is 0 Å². The fourth-order valence-electron chi connectivity index (χ4n) is 4.39. The number of likely N-dealkylation sites (tertiary alicyclic amines) is 1. The van der Waals surface area contributed by atoms with Crippen LogP contribution >= 0.6 is 11.3 Å². The van der Waals surface area contributed by atoms with Gasteiger partial charge in [0.15, 0.2) is 0 Å². The fourth-order valence-corrected chi connectivity index (χ4v) is 5.58. The second kappa shape index (κ2) is 17.3. The Morgan fingerprint density at radius 3 is 2.61 bits per heavy atom. The Balaban J connectivity index is 0.00000150. The molecule has 0 saturated carbocycles. The average Bonchev–Trinajstić information content (AvgIpc) is 3.26. The van der Waals surface area contributed by atoms with E-state index in [1.165, 1.54) is 20.3 Å². The van der Waals surface area contributed by atoms with Crippen LogP contribution in [0.3, 0.4) is 0 Å². The van der Waals surface area contributed by atoms with Crippen molar-refractivity contribution in [3.63, 3.8) is 0 Å². The van der Waals surface area contributed by atoms with Crippen LogP contribution in [-0.2, 0) is 12.8 Å². The lowest BCUT2D eigenvalue weighted by atomic mass is 9.85. The summed E-state index contributed by atoms with van der Waals surface area (Å²) in [5, 5.41) is 21.2. The Morgan fingerprint density at radius 1 is 1.39 bits per heavy atom. The van der Waals surface area contributed by atoms with Crippen LogP contribution in [0.15, 0.2) is 35.1 Å². The molecule has 1 saturated heterocycles. The molecule has 1 aromatic rings. The SMILES string of the molecule is C/C=C\C(=NC)C(O)CN(N)/C=C(\N)CN1CCC(c2cc(CC)sc2CCO)CC1C.CC#CC. The maximum Gasteiger partial charge on any atom is 0.114 e. The number of hydrogen-bond acceptors (Lipinski definition) is 8. The quantitative estimate of drug-likeness (QED) is 0.155. The molecular formula is C28H47N5O2S. The second-order valence-corrected chi connectivity index (χ2v) is 10.2. The topological polar surface area (TPSA) is 111 Å². The van der Waals surface area contributed by atoms with Crippen molar-refractivity contribution < 1.29 is 10.2 Å². The molecule has 2 heterocycles. The first-order valence-electron chi connectivity index (χ1n) is 12.8. The predicted octanol–water partition coefficient (Wildman–Crippen LogP) is 3.43. The zero-order chi connectivity index (χ0) is 27.1. The van der Waals surface area contributed by atoms with Crippen LogP contribution in [0.1, 0.15) is 68.7 Å². The molecule has 36 heavy (non-hydrogen) atoms. The van der Waals surface area contributed by atoms with Gasteiger partial charge < -0.3 is 21.0 Å². The Labute approximate surface area is 222 Å². The number of hydrogen-bond donors (Lipinski definition) is 4. The Morgan fingerprint density at radius 2 is 2.08 bits per heavy atom. The summed E-state index contributed by atoms with van der Waals surface area (Å²) < 4.78 is 0. The van der Waals surface area contributed by atoms with E-state index in [4.69, 9.17) is 11.6 Å². The Bertz CT molecular complexity index is 922. The number of aryl methyl sites for hydroxylation is 1. The molecule has 202 valence electrons. The van der Waals surface area contributed by atoms with Gasteiger partial charge >= 0.3 is 0 Å². The average molecular weight is 518 g/mol. The molecule has 0 bridgehead atoms. The normalized spacial score (nSPS) is 19.9. The molecule has 3 atom stereocenters. The van der Waals surface area contributed by atoms with Crippen molar-refractivity contribution in [3.05, 3.63) is 45.4 Å². The molecule has 7 nitrogen and oxygen atoms in total. The van der Waals surface area contributed by atoms with Gasteiger partial charge in [0.25, 0.3) is 0 Å². The van der Waals surface area contributed by atoms with Crippen LogP contribution < -0.4 is 11.6 Å². The van der Waals surface area contributed by atoms with Crippen molar-refractivity contribution in [2.45, 2.75) is 78.4 Å². The number of aliphatic imine (C=N–C) groups is 1. The molecule has 0 aromatic carbocycles. The maximum atomic E-state index is 10.3. The number of rotatable bonds is 11. The van der Waals surface area contributed by atoms with E-state index in [0.717, 1.165) is 32.2 Å². The van der Waals surface area contributed by atoms with Gasteiger partial charge in [-0.3, -0.25) is 9.89 Å². The molecule has 2 rings (SSSR count). The number of allylic oxidation sites excluding steroid dienone is 1. The minimum atomic E-state index is -0.772. The van der Waals surface area contributed by atoms with Gasteiger partial charge in [0, 0.05) is 54.3 Å². The van der Waals surface area contributed by atoms with E-state index in [-0.39, 0.29) is 13.2 Å². The number of nitrogens with zero attached hydrogens (tertiary/aromatic N) is 3. The van der Waals surface area contributed by atoms with Crippen LogP contribution in [0.4, 0.5) is 0 Å². The van der Waals surface area contributed by atoms with Gasteiger partial charge in [-0.2, -0.15) is 0 Å². The van der Waals surface area contributed by atoms with E-state index in [1.54, 1.807) is 19.3 Å². The van der Waals surface area contributed by atoms with Gasteiger partial charge in [-0.1, -0.05) is 13.0 Å². The molecule has 3 unspecified atom stereocenters. The highest BCUT2D eigenvalue weighted by molar-refractivity contribution is 7.12. The third-order valence-electron chi connectivity index (χ3n) is 6.32. The minimum Gasteiger partial charge on any atom is -0.400 e. The molecule has 8 heteroatoms. The Kier molecular flexibility index (Phi) is 15.3. The smallest absolute Gasteiger partial charge is 0.114 e. The number of thiophene rings is 1. The number of piperidine rings is 1. The third kappa shape index (κ3) is 10.5. The van der Waals surface area contributed by atoms with Crippen LogP contribution in [0.25, 0.3) is 0 Å². The predicted molar refractivity (Wildman–Crippen MR) is 154 cm³/mol. The zero-order valence-electron chi connectivity index (χ0n) is 23.0. The first-order valence-corrected chi connectivity index (χ1v) is 13.6. The van der Waals surface area contributed by atoms with Crippen molar-refractivity contribution in [1.82, 2.24) is 9.91 Å². The van der Waals surface area contributed by atoms with E-state index in [2.05, 4.69) is 41.6 Å². The fraction of sp³-hybridized carbons (Fsp3) is 0.607. The highest BCUT2D eigenvalue weighted by atomic mass is 32.1. The summed E-state index contributed by atoms with van der Waals surface area (Å²) in [7, 11) is 1.65. The number of aliphatic hydroxyl groups is 2. The van der Waals surface area contributed by atoms with Crippen LogP contribution in [0, 0.1) is 11.8 Å². The summed E-state index contributed by atoms with van der Waals surface area (Å²) in [6.45, 7) is 12.0. The van der Waals surface area contributed by atoms with E-state index >= 15 is 0 Å². The molecule has 0 aliphatic carbocycles. The molecule has 1 aliphatic heterocycles. The zero-order valence-corrected chi connectivity index (χ0v) is 23.8. The third-order valence-corrected chi connectivity index (χ3v) is 7.68. The summed E-state index contributed by atoms with van der Waals surface area (Å²) >= 11 is 1.85. The van der Waals surface area contributed by atoms with Crippen molar-refractivity contribution in [1.29, 1.82) is 0 Å². The monoisotopic (exact) mass is 517 g/mol. The van der Waals surface area contributed by atoms with E-state index in [1.807, 2.05) is 38.2 Å². The molecule has 0 radical (unpaired) electrons. The summed E-state index contributed by atoms with van der Waals surface area (Å²) in [5.74, 6) is 12.0. The standard InChI is InChI=1S/C24H41N5O2S.C4H6/c1-5-7-22(27-4)23(31)16-29(26)15-19(25)14-28-10-8-18(12-17(28)3)21-13-20(6-2)32-24(21)9-11-30;1-3-4-2/h5,7,13,15,17-18,23,30-31H,6,8-12,14,16,25-26H2,1-4H3;1-2H3/b7-5-,19-15-,27-22?;. The number of hydrazine groups is 1. The van der Waals surface area contributed by atoms with Crippen molar-refractivity contribution >= 4 is 17.0 Å². The largest absolute Gasteiger partial charge is 0.400 e. The van der Waals surface area contributed by atoms with Gasteiger partial charge in [-0.15, -0.1) is 23.2 Å². The minimum absolute atomic E-state index is 0.205. The highest BCUT2D eigenvalue weighted by Gasteiger charge is 2.29. The van der Waals surface area contributed by atoms with Gasteiger partial charge in [0.1, 0.15) is 6.10 Å². The summed E-state index contributed by atoms with van der Waals surface area (Å²) in [6.07, 6.45) is 8.51. The molecule has 0 spiro atoms. The first kappa shape index (κ1) is 31.9. The lowest BCUT2D eigenvalue weighted by Gasteiger charge is -2.38. The molecular weight excluding hydrogens is 470 g/mol. The maximum absolute atomic E-state index is 10.3. The lowest BCUT2D eigenvalue weighted by molar-refractivity contribution is 0.156. The molecule has 1 aromatic heterocycles. The van der Waals surface area contributed by atoms with E-state index in [0.29, 0.717) is 29.9 Å². The second-order valence-electron chi connectivity index (χ2n) is 9.02. The summed E-state index contributed by atoms with van der Waals surface area (Å²) in [5.41, 5.74) is 8.99. The van der Waals surface area contributed by atoms with Crippen LogP contribution in [0.2, 0.25) is 0 Å². The van der Waals surface area contributed by atoms with Crippen LogP contribution in [-0.4, -0.2) is 71.3 Å². The summed E-state index contributed by atoms with van der Waals surface area (Å²) in [4.78, 5) is 9.24. The van der Waals surface area contributed by atoms with E-state index < -0.39 is 6.10 Å². The molecule has 1 fully saturated rings. The highest BCUT2D eigenvalue weighted by Crippen LogP contribution is 2.37. The van der Waals surface area contributed by atoms with Crippen molar-refractivity contribution in [2.75, 3.05) is 33.3 Å². The molecule has 6 N–H and O–H groups in total. The molecule has 1 aliphatic rings. The lowest BCUT2D eigenvalue weighted by Crippen LogP contribution is -2.43. The van der Waals surface area contributed by atoms with Gasteiger partial charge in [-0.05, 0) is 77.1 Å². The molecule has 0 amide bonds. The van der Waals surface area contributed by atoms with E-state index in [9.17, 15) is 10.2 Å². The number of nitrogens with two attached hydrogens (primary N) is 2. The van der Waals surface area contributed by atoms with Gasteiger partial charge in [0.05, 0.1) is 12.3 Å². The van der Waals surface area contributed by atoms with Crippen molar-refractivity contribution in [3.8, 4) is 11.8 Å².